The van der Waals surface area contributed by atoms with Crippen molar-refractivity contribution in [2.24, 2.45) is 0 Å². The molecule has 0 fully saturated rings. The van der Waals surface area contributed by atoms with Crippen molar-refractivity contribution in [1.29, 1.82) is 0 Å². The standard InChI is InChI=1S/C27H27FN4O4S/c1-4-35-25-15-21(10-13-24(25)36-17-20-6-5-7-22(28)14-20)26(16-31(33)34)37-27-30-29-19(3)32(27)23-11-8-18(2)9-12-23/h5-15,26H,4,16-17H2,1-3H3/t26-/m1/s1. The fourth-order valence-corrected chi connectivity index (χ4v) is 4.95. The zero-order valence-electron chi connectivity index (χ0n) is 20.8. The second-order valence-electron chi connectivity index (χ2n) is 8.38. The van der Waals surface area contributed by atoms with Gasteiger partial charge < -0.3 is 9.47 Å². The SMILES string of the molecule is CCOc1cc([C@@H](C[N+](=O)[O-])Sc2nnc(C)n2-c2ccc(C)cc2)ccc1OCc1cccc(F)c1. The number of aromatic nitrogens is 3. The van der Waals surface area contributed by atoms with E-state index in [0.29, 0.717) is 40.2 Å². The predicted molar refractivity (Wildman–Crippen MR) is 140 cm³/mol. The van der Waals surface area contributed by atoms with E-state index in [4.69, 9.17) is 9.47 Å². The topological polar surface area (TPSA) is 92.3 Å². The molecule has 4 aromatic rings. The number of halogens is 1. The van der Waals surface area contributed by atoms with Crippen LogP contribution in [0.5, 0.6) is 11.5 Å². The van der Waals surface area contributed by atoms with E-state index >= 15 is 0 Å². The van der Waals surface area contributed by atoms with Gasteiger partial charge in [0.15, 0.2) is 16.7 Å². The van der Waals surface area contributed by atoms with Crippen LogP contribution in [0.1, 0.15) is 34.7 Å². The van der Waals surface area contributed by atoms with E-state index in [1.54, 1.807) is 30.3 Å². The molecule has 8 nitrogen and oxygen atoms in total. The van der Waals surface area contributed by atoms with Crippen molar-refractivity contribution in [2.75, 3.05) is 13.2 Å². The molecule has 0 N–H and O–H groups in total. The highest BCUT2D eigenvalue weighted by molar-refractivity contribution is 7.99. The summed E-state index contributed by atoms with van der Waals surface area (Å²) in [6.45, 7) is 5.92. The van der Waals surface area contributed by atoms with Crippen LogP contribution in [0.2, 0.25) is 0 Å². The minimum Gasteiger partial charge on any atom is -0.490 e. The average Bonchev–Trinajstić information content (AvgIpc) is 3.23. The Morgan fingerprint density at radius 3 is 2.51 bits per heavy atom. The fourth-order valence-electron chi connectivity index (χ4n) is 3.78. The molecule has 1 heterocycles. The first-order valence-electron chi connectivity index (χ1n) is 11.8. The molecule has 0 radical (unpaired) electrons. The minimum absolute atomic E-state index is 0.156. The zero-order chi connectivity index (χ0) is 26.4. The van der Waals surface area contributed by atoms with Crippen LogP contribution >= 0.6 is 11.8 Å². The highest BCUT2D eigenvalue weighted by Gasteiger charge is 2.25. The van der Waals surface area contributed by atoms with Gasteiger partial charge in [0.1, 0.15) is 23.5 Å². The summed E-state index contributed by atoms with van der Waals surface area (Å²) >= 11 is 1.27. The highest BCUT2D eigenvalue weighted by Crippen LogP contribution is 2.39. The van der Waals surface area contributed by atoms with Gasteiger partial charge in [0.25, 0.3) is 0 Å². The lowest BCUT2D eigenvalue weighted by Gasteiger charge is -2.17. The van der Waals surface area contributed by atoms with Gasteiger partial charge in [-0.05, 0) is 68.3 Å². The number of aryl methyl sites for hydroxylation is 2. The molecule has 0 unspecified atom stereocenters. The van der Waals surface area contributed by atoms with Crippen molar-refractivity contribution in [2.45, 2.75) is 37.8 Å². The van der Waals surface area contributed by atoms with E-state index in [1.165, 1.54) is 23.9 Å². The summed E-state index contributed by atoms with van der Waals surface area (Å²) in [4.78, 5) is 11.3. The van der Waals surface area contributed by atoms with Gasteiger partial charge in [-0.1, -0.05) is 47.7 Å². The maximum absolute atomic E-state index is 13.5. The van der Waals surface area contributed by atoms with E-state index < -0.39 is 5.25 Å². The van der Waals surface area contributed by atoms with Crippen molar-refractivity contribution in [3.8, 4) is 17.2 Å². The van der Waals surface area contributed by atoms with Gasteiger partial charge >= 0.3 is 0 Å². The molecule has 0 saturated carbocycles. The lowest BCUT2D eigenvalue weighted by atomic mass is 10.1. The second-order valence-corrected chi connectivity index (χ2v) is 9.55. The molecule has 0 aliphatic carbocycles. The summed E-state index contributed by atoms with van der Waals surface area (Å²) in [5, 5.41) is 20.1. The molecule has 37 heavy (non-hydrogen) atoms. The first kappa shape index (κ1) is 26.2. The Hall–Kier alpha value is -3.92. The lowest BCUT2D eigenvalue weighted by molar-refractivity contribution is -0.479. The van der Waals surface area contributed by atoms with E-state index in [-0.39, 0.29) is 23.9 Å². The molecular weight excluding hydrogens is 495 g/mol. The molecule has 0 aliphatic heterocycles. The Morgan fingerprint density at radius 1 is 1.03 bits per heavy atom. The first-order chi connectivity index (χ1) is 17.8. The lowest BCUT2D eigenvalue weighted by Crippen LogP contribution is -2.11. The molecule has 0 saturated heterocycles. The largest absolute Gasteiger partial charge is 0.490 e. The Kier molecular flexibility index (Phi) is 8.39. The minimum atomic E-state index is -0.556. The smallest absolute Gasteiger partial charge is 0.220 e. The third-order valence-corrected chi connectivity index (χ3v) is 6.75. The summed E-state index contributed by atoms with van der Waals surface area (Å²) in [5.41, 5.74) is 3.38. The van der Waals surface area contributed by atoms with Crippen LogP contribution < -0.4 is 9.47 Å². The molecule has 0 amide bonds. The summed E-state index contributed by atoms with van der Waals surface area (Å²) in [6.07, 6.45) is 0. The van der Waals surface area contributed by atoms with Gasteiger partial charge in [0.05, 0.1) is 6.61 Å². The predicted octanol–water partition coefficient (Wildman–Crippen LogP) is 6.11. The van der Waals surface area contributed by atoms with Crippen molar-refractivity contribution >= 4 is 11.8 Å². The number of benzene rings is 3. The average molecular weight is 523 g/mol. The second kappa shape index (κ2) is 11.9. The van der Waals surface area contributed by atoms with E-state index in [1.807, 2.05) is 49.6 Å². The van der Waals surface area contributed by atoms with Gasteiger partial charge in [-0.25, -0.2) is 4.39 Å². The number of ether oxygens (including phenoxy) is 2. The Balaban J connectivity index is 1.62. The number of nitro groups is 1. The van der Waals surface area contributed by atoms with Gasteiger partial charge in [0.2, 0.25) is 6.54 Å². The molecule has 3 aromatic carbocycles. The monoisotopic (exact) mass is 522 g/mol. The van der Waals surface area contributed by atoms with Gasteiger partial charge in [-0.3, -0.25) is 14.7 Å². The van der Waals surface area contributed by atoms with E-state index in [2.05, 4.69) is 10.2 Å². The van der Waals surface area contributed by atoms with Crippen molar-refractivity contribution < 1.29 is 18.8 Å². The number of nitrogens with zero attached hydrogens (tertiary/aromatic N) is 4. The highest BCUT2D eigenvalue weighted by atomic mass is 32.2. The van der Waals surface area contributed by atoms with Crippen LogP contribution in [-0.4, -0.2) is 32.8 Å². The number of hydrogen-bond acceptors (Lipinski definition) is 7. The van der Waals surface area contributed by atoms with Crippen LogP contribution in [0, 0.1) is 29.8 Å². The summed E-state index contributed by atoms with van der Waals surface area (Å²) < 4.78 is 27.1. The van der Waals surface area contributed by atoms with Gasteiger partial charge in [-0.2, -0.15) is 0 Å². The maximum Gasteiger partial charge on any atom is 0.220 e. The molecule has 10 heteroatoms. The maximum atomic E-state index is 13.5. The molecule has 1 atom stereocenters. The van der Waals surface area contributed by atoms with Gasteiger partial charge in [0, 0.05) is 10.6 Å². The van der Waals surface area contributed by atoms with E-state index in [9.17, 15) is 14.5 Å². The van der Waals surface area contributed by atoms with Crippen molar-refractivity contribution in [1.82, 2.24) is 14.8 Å². The van der Waals surface area contributed by atoms with Crippen LogP contribution in [0.15, 0.2) is 71.9 Å². The normalized spacial score (nSPS) is 11.8. The third-order valence-electron chi connectivity index (χ3n) is 5.57. The molecular formula is C27H27FN4O4S. The number of thioether (sulfide) groups is 1. The first-order valence-corrected chi connectivity index (χ1v) is 12.6. The molecule has 1 aromatic heterocycles. The van der Waals surface area contributed by atoms with Crippen LogP contribution in [-0.2, 0) is 6.61 Å². The van der Waals surface area contributed by atoms with Crippen LogP contribution in [0.25, 0.3) is 5.69 Å². The number of rotatable bonds is 11. The zero-order valence-corrected chi connectivity index (χ0v) is 21.6. The Labute approximate surface area is 218 Å². The molecule has 4 rings (SSSR count). The van der Waals surface area contributed by atoms with Crippen molar-refractivity contribution in [3.63, 3.8) is 0 Å². The van der Waals surface area contributed by atoms with Gasteiger partial charge in [-0.15, -0.1) is 10.2 Å². The van der Waals surface area contributed by atoms with E-state index in [0.717, 1.165) is 11.3 Å². The quantitative estimate of drug-likeness (QED) is 0.133. The third kappa shape index (κ3) is 6.65. The molecule has 0 spiro atoms. The molecule has 0 aliphatic rings. The molecule has 0 bridgehead atoms. The van der Waals surface area contributed by atoms with Crippen LogP contribution in [0.4, 0.5) is 4.39 Å². The summed E-state index contributed by atoms with van der Waals surface area (Å²) in [5.74, 6) is 1.28. The summed E-state index contributed by atoms with van der Waals surface area (Å²) in [7, 11) is 0. The fraction of sp³-hybridized carbons (Fsp3) is 0.259. The molecule has 192 valence electrons. The summed E-state index contributed by atoms with van der Waals surface area (Å²) in [6, 6.07) is 19.4. The number of hydrogen-bond donors (Lipinski definition) is 0. The van der Waals surface area contributed by atoms with Crippen molar-refractivity contribution in [3.05, 3.63) is 105 Å². The Bertz CT molecular complexity index is 1380. The van der Waals surface area contributed by atoms with Crippen LogP contribution in [0.3, 0.4) is 0 Å². The Morgan fingerprint density at radius 2 is 1.81 bits per heavy atom.